The fourth-order valence-electron chi connectivity index (χ4n) is 1.60. The fourth-order valence-corrected chi connectivity index (χ4v) is 2.48. The van der Waals surface area contributed by atoms with E-state index in [2.05, 4.69) is 39.0 Å². The highest BCUT2D eigenvalue weighted by molar-refractivity contribution is 7.98. The first-order valence-electron chi connectivity index (χ1n) is 5.27. The Morgan fingerprint density at radius 3 is 2.36 bits per heavy atom. The van der Waals surface area contributed by atoms with Crippen molar-refractivity contribution in [2.75, 3.05) is 32.2 Å². The number of rotatable bonds is 7. The molecule has 0 bridgehead atoms. The van der Waals surface area contributed by atoms with Gasteiger partial charge in [0.25, 0.3) is 0 Å². The summed E-state index contributed by atoms with van der Waals surface area (Å²) in [6, 6.07) is 0.635. The summed E-state index contributed by atoms with van der Waals surface area (Å²) in [5.41, 5.74) is 0.0145. The lowest BCUT2D eigenvalue weighted by atomic mass is 9.93. The van der Waals surface area contributed by atoms with Gasteiger partial charge in [0, 0.05) is 30.4 Å². The molecule has 0 saturated carbocycles. The van der Waals surface area contributed by atoms with Crippen molar-refractivity contribution in [3.05, 3.63) is 0 Å². The first kappa shape index (κ1) is 14.3. The molecule has 1 unspecified atom stereocenters. The smallest absolute Gasteiger partial charge is 0.0494 e. The number of hydrogen-bond donors (Lipinski definition) is 1. The first-order valence-corrected chi connectivity index (χ1v) is 6.66. The van der Waals surface area contributed by atoms with Crippen LogP contribution in [0.1, 0.15) is 27.2 Å². The predicted molar refractivity (Wildman–Crippen MR) is 66.0 cm³/mol. The number of aliphatic hydroxyl groups is 1. The Morgan fingerprint density at radius 1 is 1.43 bits per heavy atom. The van der Waals surface area contributed by atoms with E-state index in [4.69, 9.17) is 0 Å². The van der Waals surface area contributed by atoms with E-state index in [1.807, 2.05) is 11.8 Å². The molecule has 0 fully saturated rings. The molecule has 0 aliphatic carbocycles. The van der Waals surface area contributed by atoms with Crippen molar-refractivity contribution >= 4 is 11.8 Å². The lowest BCUT2D eigenvalue weighted by Crippen LogP contribution is -2.41. The van der Waals surface area contributed by atoms with Crippen molar-refractivity contribution in [2.45, 2.75) is 33.2 Å². The molecule has 0 heterocycles. The zero-order chi connectivity index (χ0) is 11.2. The molecule has 1 N–H and O–H groups in total. The summed E-state index contributed by atoms with van der Waals surface area (Å²) in [4.78, 5) is 2.37. The van der Waals surface area contributed by atoms with E-state index in [1.165, 1.54) is 12.2 Å². The van der Waals surface area contributed by atoms with E-state index in [1.54, 1.807) is 0 Å². The van der Waals surface area contributed by atoms with Crippen LogP contribution in [0.2, 0.25) is 0 Å². The lowest BCUT2D eigenvalue weighted by molar-refractivity contribution is 0.0986. The summed E-state index contributed by atoms with van der Waals surface area (Å²) in [7, 11) is 2.15. The monoisotopic (exact) mass is 219 g/mol. The van der Waals surface area contributed by atoms with Crippen molar-refractivity contribution in [3.63, 3.8) is 0 Å². The standard InChI is InChI=1S/C11H25NOS/c1-6-10(7-14-5)12(4)8-11(2,3)9-13/h10,13H,6-9H2,1-5H3. The van der Waals surface area contributed by atoms with Crippen LogP contribution in [0.4, 0.5) is 0 Å². The van der Waals surface area contributed by atoms with Crippen molar-refractivity contribution in [1.29, 1.82) is 0 Å². The maximum absolute atomic E-state index is 9.20. The molecule has 0 aliphatic rings. The van der Waals surface area contributed by atoms with Gasteiger partial charge in [-0.2, -0.15) is 11.8 Å². The average molecular weight is 219 g/mol. The molecule has 0 spiro atoms. The van der Waals surface area contributed by atoms with E-state index < -0.39 is 0 Å². The molecule has 2 nitrogen and oxygen atoms in total. The van der Waals surface area contributed by atoms with Crippen LogP contribution < -0.4 is 0 Å². The minimum atomic E-state index is 0.0145. The Labute approximate surface area is 93.1 Å². The second-order valence-corrected chi connectivity index (χ2v) is 5.67. The summed E-state index contributed by atoms with van der Waals surface area (Å²) < 4.78 is 0. The Morgan fingerprint density at radius 2 is 2.00 bits per heavy atom. The van der Waals surface area contributed by atoms with Crippen molar-refractivity contribution < 1.29 is 5.11 Å². The molecule has 3 heteroatoms. The summed E-state index contributed by atoms with van der Waals surface area (Å²) in [5, 5.41) is 9.20. The largest absolute Gasteiger partial charge is 0.396 e. The Kier molecular flexibility index (Phi) is 6.83. The minimum Gasteiger partial charge on any atom is -0.396 e. The predicted octanol–water partition coefficient (Wildman–Crippen LogP) is 2.08. The van der Waals surface area contributed by atoms with Gasteiger partial charge in [-0.15, -0.1) is 0 Å². The number of hydrogen-bond acceptors (Lipinski definition) is 3. The van der Waals surface area contributed by atoms with Gasteiger partial charge in [0.05, 0.1) is 0 Å². The number of thioether (sulfide) groups is 1. The van der Waals surface area contributed by atoms with E-state index in [-0.39, 0.29) is 12.0 Å². The van der Waals surface area contributed by atoms with E-state index in [0.29, 0.717) is 6.04 Å². The van der Waals surface area contributed by atoms with Crippen LogP contribution in [0.25, 0.3) is 0 Å². The van der Waals surface area contributed by atoms with Gasteiger partial charge in [-0.3, -0.25) is 0 Å². The molecule has 0 aromatic carbocycles. The molecule has 0 radical (unpaired) electrons. The van der Waals surface area contributed by atoms with Crippen molar-refractivity contribution in [2.24, 2.45) is 5.41 Å². The van der Waals surface area contributed by atoms with Gasteiger partial charge >= 0.3 is 0 Å². The first-order chi connectivity index (χ1) is 6.46. The van der Waals surface area contributed by atoms with Gasteiger partial charge < -0.3 is 10.0 Å². The van der Waals surface area contributed by atoms with Crippen LogP contribution in [-0.4, -0.2) is 48.3 Å². The summed E-state index contributed by atoms with van der Waals surface area (Å²) in [5.74, 6) is 1.18. The normalized spacial score (nSPS) is 14.8. The van der Waals surface area contributed by atoms with Gasteiger partial charge in [0.2, 0.25) is 0 Å². The minimum absolute atomic E-state index is 0.0145. The second-order valence-electron chi connectivity index (χ2n) is 4.75. The molecule has 86 valence electrons. The van der Waals surface area contributed by atoms with Gasteiger partial charge in [-0.25, -0.2) is 0 Å². The number of aliphatic hydroxyl groups excluding tert-OH is 1. The van der Waals surface area contributed by atoms with E-state index >= 15 is 0 Å². The molecule has 0 saturated heterocycles. The number of nitrogens with zero attached hydrogens (tertiary/aromatic N) is 1. The fraction of sp³-hybridized carbons (Fsp3) is 1.00. The third-order valence-electron chi connectivity index (χ3n) is 2.56. The Bertz CT molecular complexity index is 150. The molecule has 0 aromatic heterocycles. The summed E-state index contributed by atoms with van der Waals surface area (Å²) >= 11 is 1.89. The van der Waals surface area contributed by atoms with Crippen LogP contribution in [-0.2, 0) is 0 Å². The topological polar surface area (TPSA) is 23.5 Å². The average Bonchev–Trinajstić information content (AvgIpc) is 2.13. The highest BCUT2D eigenvalue weighted by atomic mass is 32.2. The van der Waals surface area contributed by atoms with Crippen LogP contribution in [0.3, 0.4) is 0 Å². The molecule has 14 heavy (non-hydrogen) atoms. The van der Waals surface area contributed by atoms with Crippen LogP contribution in [0.15, 0.2) is 0 Å². The molecule has 0 aliphatic heterocycles. The molecular weight excluding hydrogens is 194 g/mol. The highest BCUT2D eigenvalue weighted by Crippen LogP contribution is 2.18. The third kappa shape index (κ3) is 5.23. The lowest BCUT2D eigenvalue weighted by Gasteiger charge is -2.33. The van der Waals surface area contributed by atoms with Gasteiger partial charge in [0.1, 0.15) is 0 Å². The van der Waals surface area contributed by atoms with Crippen LogP contribution >= 0.6 is 11.8 Å². The second kappa shape index (κ2) is 6.70. The van der Waals surface area contributed by atoms with Gasteiger partial charge in [0.15, 0.2) is 0 Å². The van der Waals surface area contributed by atoms with Crippen molar-refractivity contribution in [1.82, 2.24) is 4.90 Å². The maximum atomic E-state index is 9.20. The Balaban J connectivity index is 4.09. The molecule has 1 atom stereocenters. The SMILES string of the molecule is CCC(CSC)N(C)CC(C)(C)CO. The maximum Gasteiger partial charge on any atom is 0.0494 e. The Hall–Kier alpha value is 0.270. The highest BCUT2D eigenvalue weighted by Gasteiger charge is 2.22. The van der Waals surface area contributed by atoms with E-state index in [9.17, 15) is 5.11 Å². The quantitative estimate of drug-likeness (QED) is 0.709. The summed E-state index contributed by atoms with van der Waals surface area (Å²) in [6.07, 6.45) is 3.33. The van der Waals surface area contributed by atoms with E-state index in [0.717, 1.165) is 6.54 Å². The van der Waals surface area contributed by atoms with Gasteiger partial charge in [-0.05, 0) is 19.7 Å². The molecule has 0 rings (SSSR count). The van der Waals surface area contributed by atoms with Crippen LogP contribution in [0.5, 0.6) is 0 Å². The van der Waals surface area contributed by atoms with Gasteiger partial charge in [-0.1, -0.05) is 20.8 Å². The molecule has 0 amide bonds. The molecular formula is C11H25NOS. The molecule has 0 aromatic rings. The summed E-state index contributed by atoms with van der Waals surface area (Å²) in [6.45, 7) is 7.66. The zero-order valence-corrected chi connectivity index (χ0v) is 11.0. The van der Waals surface area contributed by atoms with Crippen molar-refractivity contribution in [3.8, 4) is 0 Å². The third-order valence-corrected chi connectivity index (χ3v) is 3.28. The van der Waals surface area contributed by atoms with Crippen LogP contribution in [0, 0.1) is 5.41 Å². The zero-order valence-electron chi connectivity index (χ0n) is 10.2.